The molecular formula is C26H35N3O4. The van der Waals surface area contributed by atoms with E-state index in [-0.39, 0.29) is 34.6 Å². The number of hydrogen-bond acceptors (Lipinski definition) is 5. The van der Waals surface area contributed by atoms with E-state index in [1.54, 1.807) is 0 Å². The molecule has 1 aromatic heterocycles. The number of amides is 2. The number of carbonyl (C=O) groups excluding carboxylic acids is 2. The minimum atomic E-state index is -0.602. The highest BCUT2D eigenvalue weighted by atomic mass is 16.5. The van der Waals surface area contributed by atoms with Crippen molar-refractivity contribution in [1.82, 2.24) is 15.2 Å². The lowest BCUT2D eigenvalue weighted by Gasteiger charge is -2.47. The van der Waals surface area contributed by atoms with E-state index in [1.807, 2.05) is 37.1 Å². The molecule has 1 aliphatic carbocycles. The average Bonchev–Trinajstić information content (AvgIpc) is 2.76. The molecule has 2 atom stereocenters. The topological polar surface area (TPSA) is 91.8 Å². The van der Waals surface area contributed by atoms with Gasteiger partial charge in [0, 0.05) is 37.3 Å². The summed E-state index contributed by atoms with van der Waals surface area (Å²) >= 11 is 0. The molecule has 1 fully saturated rings. The van der Waals surface area contributed by atoms with Gasteiger partial charge >= 0.3 is 0 Å². The molecule has 2 N–H and O–H groups in total. The Labute approximate surface area is 196 Å². The van der Waals surface area contributed by atoms with Crippen molar-refractivity contribution in [3.05, 3.63) is 53.9 Å². The van der Waals surface area contributed by atoms with Crippen molar-refractivity contribution < 1.29 is 19.4 Å². The average molecular weight is 454 g/mol. The molecule has 2 unspecified atom stereocenters. The van der Waals surface area contributed by atoms with Crippen LogP contribution in [0.1, 0.15) is 56.1 Å². The molecule has 7 nitrogen and oxygen atoms in total. The van der Waals surface area contributed by atoms with Gasteiger partial charge < -0.3 is 20.1 Å². The number of hydrogen-bond donors (Lipinski definition) is 2. The molecule has 3 rings (SSSR count). The molecule has 33 heavy (non-hydrogen) atoms. The molecule has 1 aliphatic rings. The van der Waals surface area contributed by atoms with Crippen LogP contribution in [0.25, 0.3) is 0 Å². The van der Waals surface area contributed by atoms with Crippen LogP contribution in [0.4, 0.5) is 0 Å². The highest BCUT2D eigenvalue weighted by Gasteiger charge is 2.47. The maximum atomic E-state index is 13.5. The highest BCUT2D eigenvalue weighted by Crippen LogP contribution is 2.47. The predicted octanol–water partition coefficient (Wildman–Crippen LogP) is 3.81. The van der Waals surface area contributed by atoms with E-state index in [2.05, 4.69) is 36.3 Å². The van der Waals surface area contributed by atoms with E-state index in [0.717, 1.165) is 19.3 Å². The molecule has 2 amide bonds. The van der Waals surface area contributed by atoms with Gasteiger partial charge in [-0.15, -0.1) is 0 Å². The van der Waals surface area contributed by atoms with Crippen molar-refractivity contribution >= 4 is 11.8 Å². The summed E-state index contributed by atoms with van der Waals surface area (Å²) < 4.78 is 5.08. The third kappa shape index (κ3) is 5.83. The van der Waals surface area contributed by atoms with Crippen LogP contribution in [0.3, 0.4) is 0 Å². The first kappa shape index (κ1) is 24.6. The molecule has 0 saturated heterocycles. The zero-order valence-electron chi connectivity index (χ0n) is 20.2. The third-order valence-electron chi connectivity index (χ3n) is 6.46. The maximum Gasteiger partial charge on any atom is 0.274 e. The van der Waals surface area contributed by atoms with E-state index in [9.17, 15) is 14.7 Å². The molecule has 178 valence electrons. The normalized spacial score (nSPS) is 21.8. The number of nitrogens with one attached hydrogen (secondary N) is 1. The Hall–Kier alpha value is -3.09. The lowest BCUT2D eigenvalue weighted by molar-refractivity contribution is -0.144. The second-order valence-corrected chi connectivity index (χ2v) is 10.2. The molecule has 0 radical (unpaired) electrons. The van der Waals surface area contributed by atoms with Crippen molar-refractivity contribution in [1.29, 1.82) is 0 Å². The van der Waals surface area contributed by atoms with Gasteiger partial charge in [-0.05, 0) is 36.7 Å². The number of aromatic hydroxyl groups is 1. The summed E-state index contributed by atoms with van der Waals surface area (Å²) in [6.45, 7) is 6.89. The van der Waals surface area contributed by atoms with Crippen LogP contribution >= 0.6 is 0 Å². The Balaban J connectivity index is 1.71. The molecular weight excluding hydrogens is 418 g/mol. The standard InChI is InChI=1S/C26H35N3O4/c1-25(2)15-19(28-23(31)21-22(30)20(33-5)11-13-27-21)16-26(3,17-25)24(32)29(4)14-12-18-9-7-6-8-10-18/h6-11,13,19,30H,12,14-17H2,1-5H3,(H,28,31). The number of nitrogens with zero attached hydrogens (tertiary/aromatic N) is 2. The molecule has 7 heteroatoms. The summed E-state index contributed by atoms with van der Waals surface area (Å²) in [6.07, 6.45) is 4.22. The van der Waals surface area contributed by atoms with Crippen molar-refractivity contribution in [3.63, 3.8) is 0 Å². The Morgan fingerprint density at radius 2 is 1.88 bits per heavy atom. The SMILES string of the molecule is COc1ccnc(C(=O)NC2CC(C)(C)CC(C)(C(=O)N(C)CCc3ccccc3)C2)c1O. The highest BCUT2D eigenvalue weighted by molar-refractivity contribution is 5.95. The number of benzene rings is 1. The lowest BCUT2D eigenvalue weighted by Crippen LogP contribution is -2.52. The van der Waals surface area contributed by atoms with Crippen LogP contribution < -0.4 is 10.1 Å². The van der Waals surface area contributed by atoms with Gasteiger partial charge in [0.05, 0.1) is 7.11 Å². The second-order valence-electron chi connectivity index (χ2n) is 10.2. The van der Waals surface area contributed by atoms with Crippen molar-refractivity contribution in [2.75, 3.05) is 20.7 Å². The van der Waals surface area contributed by atoms with Crippen molar-refractivity contribution in [2.24, 2.45) is 10.8 Å². The molecule has 1 aromatic carbocycles. The number of methoxy groups -OCH3 is 1. The maximum absolute atomic E-state index is 13.5. The number of aromatic nitrogens is 1. The van der Waals surface area contributed by atoms with Gasteiger partial charge in [0.1, 0.15) is 0 Å². The van der Waals surface area contributed by atoms with E-state index >= 15 is 0 Å². The summed E-state index contributed by atoms with van der Waals surface area (Å²) in [5.41, 5.74) is 0.382. The third-order valence-corrected chi connectivity index (χ3v) is 6.46. The Morgan fingerprint density at radius 3 is 2.55 bits per heavy atom. The van der Waals surface area contributed by atoms with Crippen molar-refractivity contribution in [3.8, 4) is 11.5 Å². The fourth-order valence-corrected chi connectivity index (χ4v) is 5.27. The van der Waals surface area contributed by atoms with Gasteiger partial charge in [0.2, 0.25) is 5.91 Å². The summed E-state index contributed by atoms with van der Waals surface area (Å²) in [5, 5.41) is 13.3. The molecule has 0 bridgehead atoms. The van der Waals surface area contributed by atoms with Crippen LogP contribution in [0.5, 0.6) is 11.5 Å². The summed E-state index contributed by atoms with van der Waals surface area (Å²) in [5.74, 6) is -0.472. The first-order valence-corrected chi connectivity index (χ1v) is 11.4. The fraction of sp³-hybridized carbons (Fsp3) is 0.500. The van der Waals surface area contributed by atoms with Crippen LogP contribution in [-0.4, -0.2) is 53.5 Å². The van der Waals surface area contributed by atoms with Crippen molar-refractivity contribution in [2.45, 2.75) is 52.5 Å². The summed E-state index contributed by atoms with van der Waals surface area (Å²) in [6, 6.07) is 11.4. The van der Waals surface area contributed by atoms with Crippen LogP contribution in [-0.2, 0) is 11.2 Å². The van der Waals surface area contributed by atoms with E-state index in [1.165, 1.54) is 24.9 Å². The number of carbonyl (C=O) groups is 2. The second kappa shape index (κ2) is 9.81. The Morgan fingerprint density at radius 1 is 1.18 bits per heavy atom. The fourth-order valence-electron chi connectivity index (χ4n) is 5.27. The van der Waals surface area contributed by atoms with Crippen LogP contribution in [0, 0.1) is 10.8 Å². The van der Waals surface area contributed by atoms with Gasteiger partial charge in [0.15, 0.2) is 17.2 Å². The van der Waals surface area contributed by atoms with Gasteiger partial charge in [-0.2, -0.15) is 0 Å². The van der Waals surface area contributed by atoms with Crippen LogP contribution in [0.2, 0.25) is 0 Å². The summed E-state index contributed by atoms with van der Waals surface area (Å²) in [4.78, 5) is 32.2. The zero-order valence-corrected chi connectivity index (χ0v) is 20.2. The smallest absolute Gasteiger partial charge is 0.274 e. The zero-order chi connectivity index (χ0) is 24.2. The van der Waals surface area contributed by atoms with Gasteiger partial charge in [-0.1, -0.05) is 51.1 Å². The molecule has 2 aromatic rings. The minimum Gasteiger partial charge on any atom is -0.503 e. The quantitative estimate of drug-likeness (QED) is 0.665. The van der Waals surface area contributed by atoms with E-state index in [4.69, 9.17) is 4.74 Å². The Bertz CT molecular complexity index is 992. The number of likely N-dealkylation sites (N-methyl/N-ethyl adjacent to an activating group) is 1. The number of rotatable bonds is 7. The first-order valence-electron chi connectivity index (χ1n) is 11.4. The van der Waals surface area contributed by atoms with Gasteiger partial charge in [-0.25, -0.2) is 4.98 Å². The van der Waals surface area contributed by atoms with E-state index in [0.29, 0.717) is 13.0 Å². The number of pyridine rings is 1. The van der Waals surface area contributed by atoms with E-state index < -0.39 is 11.3 Å². The monoisotopic (exact) mass is 453 g/mol. The molecule has 0 spiro atoms. The van der Waals surface area contributed by atoms with Crippen LogP contribution in [0.15, 0.2) is 42.6 Å². The van der Waals surface area contributed by atoms with Gasteiger partial charge in [-0.3, -0.25) is 9.59 Å². The molecule has 0 aliphatic heterocycles. The predicted molar refractivity (Wildman–Crippen MR) is 127 cm³/mol. The largest absolute Gasteiger partial charge is 0.503 e. The van der Waals surface area contributed by atoms with Gasteiger partial charge in [0.25, 0.3) is 5.91 Å². The molecule has 1 saturated carbocycles. The minimum absolute atomic E-state index is 0.0780. The lowest BCUT2D eigenvalue weighted by atomic mass is 9.62. The number of ether oxygens (including phenoxy) is 1. The molecule has 1 heterocycles. The Kier molecular flexibility index (Phi) is 7.30. The summed E-state index contributed by atoms with van der Waals surface area (Å²) in [7, 11) is 3.27. The first-order chi connectivity index (χ1) is 15.5.